The predicted octanol–water partition coefficient (Wildman–Crippen LogP) is 1.97. The number of hydrogen-bond donors (Lipinski definition) is 1. The van der Waals surface area contributed by atoms with Crippen LogP contribution in [0.1, 0.15) is 20.3 Å². The van der Waals surface area contributed by atoms with Gasteiger partial charge in [-0.15, -0.1) is 0 Å². The van der Waals surface area contributed by atoms with Gasteiger partial charge in [0.25, 0.3) is 0 Å². The van der Waals surface area contributed by atoms with Crippen molar-refractivity contribution in [2.75, 3.05) is 11.9 Å². The lowest BCUT2D eigenvalue weighted by atomic mass is 9.94. The summed E-state index contributed by atoms with van der Waals surface area (Å²) in [6.07, 6.45) is 2.25. The molecular formula is C11H15N3O3. The summed E-state index contributed by atoms with van der Waals surface area (Å²) in [7, 11) is 0. The first-order valence-corrected chi connectivity index (χ1v) is 5.52. The minimum Gasteiger partial charge on any atom is -0.376 e. The summed E-state index contributed by atoms with van der Waals surface area (Å²) in [6.45, 7) is 4.63. The van der Waals surface area contributed by atoms with E-state index in [1.54, 1.807) is 12.1 Å². The summed E-state index contributed by atoms with van der Waals surface area (Å²) in [5, 5.41) is 14.0. The maximum atomic E-state index is 10.9. The van der Waals surface area contributed by atoms with Crippen LogP contribution in [0.15, 0.2) is 18.3 Å². The van der Waals surface area contributed by atoms with E-state index in [1.807, 2.05) is 13.8 Å². The molecule has 0 bridgehead atoms. The van der Waals surface area contributed by atoms with Gasteiger partial charge in [-0.25, -0.2) is 0 Å². The Bertz CT molecular complexity index is 438. The van der Waals surface area contributed by atoms with Crippen molar-refractivity contribution in [1.29, 1.82) is 0 Å². The van der Waals surface area contributed by atoms with Gasteiger partial charge in [0, 0.05) is 6.61 Å². The monoisotopic (exact) mass is 237 g/mol. The lowest BCUT2D eigenvalue weighted by molar-refractivity contribution is -0.388. The van der Waals surface area contributed by atoms with Gasteiger partial charge in [0.05, 0.1) is 11.6 Å². The fourth-order valence-electron chi connectivity index (χ4n) is 1.95. The molecule has 6 heteroatoms. The van der Waals surface area contributed by atoms with Crippen molar-refractivity contribution in [1.82, 2.24) is 4.98 Å². The molecule has 2 rings (SSSR count). The fourth-order valence-corrected chi connectivity index (χ4v) is 1.95. The van der Waals surface area contributed by atoms with E-state index in [4.69, 9.17) is 4.74 Å². The standard InChI is InChI=1S/C11H15N3O3/c1-8-11(2,5-7-17-8)13-9-4-3-6-12-10(9)14(15)16/h3-4,6,8,13H,5,7H2,1-2H3. The highest BCUT2D eigenvalue weighted by molar-refractivity contribution is 5.58. The minimum atomic E-state index is -0.480. The Labute approximate surface area is 99.2 Å². The number of ether oxygens (including phenoxy) is 1. The van der Waals surface area contributed by atoms with E-state index in [0.29, 0.717) is 12.3 Å². The van der Waals surface area contributed by atoms with E-state index < -0.39 is 4.92 Å². The third kappa shape index (κ3) is 2.21. The van der Waals surface area contributed by atoms with Gasteiger partial charge in [-0.1, -0.05) is 0 Å². The van der Waals surface area contributed by atoms with Crippen molar-refractivity contribution < 1.29 is 9.66 Å². The van der Waals surface area contributed by atoms with Crippen molar-refractivity contribution >= 4 is 11.5 Å². The van der Waals surface area contributed by atoms with Crippen LogP contribution >= 0.6 is 0 Å². The minimum absolute atomic E-state index is 0.0160. The van der Waals surface area contributed by atoms with Crippen LogP contribution in [0.3, 0.4) is 0 Å². The van der Waals surface area contributed by atoms with E-state index in [-0.39, 0.29) is 17.5 Å². The van der Waals surface area contributed by atoms with Crippen LogP contribution in [0.5, 0.6) is 0 Å². The summed E-state index contributed by atoms with van der Waals surface area (Å²) in [4.78, 5) is 14.1. The molecule has 2 unspecified atom stereocenters. The van der Waals surface area contributed by atoms with E-state index in [2.05, 4.69) is 10.3 Å². The van der Waals surface area contributed by atoms with Crippen molar-refractivity contribution in [3.8, 4) is 0 Å². The summed E-state index contributed by atoms with van der Waals surface area (Å²) in [6, 6.07) is 3.35. The summed E-state index contributed by atoms with van der Waals surface area (Å²) >= 11 is 0. The van der Waals surface area contributed by atoms with E-state index >= 15 is 0 Å². The van der Waals surface area contributed by atoms with Gasteiger partial charge < -0.3 is 20.2 Å². The number of nitrogens with one attached hydrogen (secondary N) is 1. The van der Waals surface area contributed by atoms with Crippen LogP contribution in [-0.4, -0.2) is 28.2 Å². The van der Waals surface area contributed by atoms with Crippen molar-refractivity contribution in [3.05, 3.63) is 28.4 Å². The summed E-state index contributed by atoms with van der Waals surface area (Å²) < 4.78 is 5.49. The Morgan fingerprint density at radius 3 is 3.06 bits per heavy atom. The van der Waals surface area contributed by atoms with Crippen LogP contribution in [0.2, 0.25) is 0 Å². The second-order valence-corrected chi connectivity index (χ2v) is 4.44. The highest BCUT2D eigenvalue weighted by Gasteiger charge is 2.38. The molecule has 1 aromatic heterocycles. The zero-order chi connectivity index (χ0) is 12.5. The molecule has 1 aliphatic heterocycles. The normalized spacial score (nSPS) is 28.0. The number of pyridine rings is 1. The lowest BCUT2D eigenvalue weighted by Crippen LogP contribution is -2.41. The fraction of sp³-hybridized carbons (Fsp3) is 0.545. The topological polar surface area (TPSA) is 77.3 Å². The molecule has 1 aliphatic rings. The van der Waals surface area contributed by atoms with Crippen molar-refractivity contribution in [3.63, 3.8) is 0 Å². The molecule has 0 aliphatic carbocycles. The maximum Gasteiger partial charge on any atom is 0.386 e. The molecule has 6 nitrogen and oxygen atoms in total. The SMILES string of the molecule is CC1OCCC1(C)Nc1cccnc1[N+](=O)[O-]. The molecule has 0 saturated carbocycles. The number of aromatic nitrogens is 1. The molecule has 0 amide bonds. The second kappa shape index (κ2) is 4.29. The van der Waals surface area contributed by atoms with Gasteiger partial charge in [0.15, 0.2) is 0 Å². The molecule has 17 heavy (non-hydrogen) atoms. The number of nitro groups is 1. The molecule has 0 radical (unpaired) electrons. The Morgan fingerprint density at radius 1 is 1.71 bits per heavy atom. The van der Waals surface area contributed by atoms with Crippen LogP contribution < -0.4 is 5.32 Å². The third-order valence-corrected chi connectivity index (χ3v) is 3.27. The number of nitrogens with zero attached hydrogens (tertiary/aromatic N) is 2. The summed E-state index contributed by atoms with van der Waals surface area (Å²) in [5.74, 6) is -0.146. The first-order valence-electron chi connectivity index (χ1n) is 5.52. The predicted molar refractivity (Wildman–Crippen MR) is 63.0 cm³/mol. The smallest absolute Gasteiger partial charge is 0.376 e. The molecule has 2 atom stereocenters. The van der Waals surface area contributed by atoms with E-state index in [9.17, 15) is 10.1 Å². The average molecular weight is 237 g/mol. The zero-order valence-corrected chi connectivity index (χ0v) is 9.84. The Kier molecular flexibility index (Phi) is 2.97. The highest BCUT2D eigenvalue weighted by Crippen LogP contribution is 2.32. The molecule has 1 saturated heterocycles. The van der Waals surface area contributed by atoms with E-state index in [1.165, 1.54) is 6.20 Å². The van der Waals surface area contributed by atoms with Crippen LogP contribution in [0.4, 0.5) is 11.5 Å². The van der Waals surface area contributed by atoms with Gasteiger partial charge in [-0.2, -0.15) is 0 Å². The van der Waals surface area contributed by atoms with Gasteiger partial charge in [-0.05, 0) is 42.3 Å². The molecular weight excluding hydrogens is 222 g/mol. The van der Waals surface area contributed by atoms with Crippen LogP contribution in [0, 0.1) is 10.1 Å². The van der Waals surface area contributed by atoms with E-state index in [0.717, 1.165) is 6.42 Å². The number of rotatable bonds is 3. The molecule has 1 aromatic rings. The molecule has 0 spiro atoms. The quantitative estimate of drug-likeness (QED) is 0.642. The molecule has 92 valence electrons. The zero-order valence-electron chi connectivity index (χ0n) is 9.84. The van der Waals surface area contributed by atoms with Crippen molar-refractivity contribution in [2.24, 2.45) is 0 Å². The average Bonchev–Trinajstić information content (AvgIpc) is 2.59. The summed E-state index contributed by atoms with van der Waals surface area (Å²) in [5.41, 5.74) is 0.158. The van der Waals surface area contributed by atoms with Gasteiger partial charge in [0.1, 0.15) is 11.9 Å². The maximum absolute atomic E-state index is 10.9. The van der Waals surface area contributed by atoms with Crippen LogP contribution in [0.25, 0.3) is 0 Å². The first kappa shape index (κ1) is 11.8. The van der Waals surface area contributed by atoms with Crippen LogP contribution in [-0.2, 0) is 4.74 Å². The Balaban J connectivity index is 2.27. The van der Waals surface area contributed by atoms with Gasteiger partial charge >= 0.3 is 5.82 Å². The highest BCUT2D eigenvalue weighted by atomic mass is 16.6. The van der Waals surface area contributed by atoms with Crippen molar-refractivity contribution in [2.45, 2.75) is 31.9 Å². The third-order valence-electron chi connectivity index (χ3n) is 3.27. The largest absolute Gasteiger partial charge is 0.386 e. The second-order valence-electron chi connectivity index (χ2n) is 4.44. The first-order chi connectivity index (χ1) is 8.03. The Hall–Kier alpha value is -1.69. The molecule has 0 aromatic carbocycles. The molecule has 1 fully saturated rings. The molecule has 1 N–H and O–H groups in total. The van der Waals surface area contributed by atoms with Gasteiger partial charge in [-0.3, -0.25) is 0 Å². The number of anilines is 1. The van der Waals surface area contributed by atoms with Gasteiger partial charge in [0.2, 0.25) is 0 Å². The lowest BCUT2D eigenvalue weighted by Gasteiger charge is -2.29. The molecule has 2 heterocycles. The number of hydrogen-bond acceptors (Lipinski definition) is 5. The Morgan fingerprint density at radius 2 is 2.47 bits per heavy atom.